The summed E-state index contributed by atoms with van der Waals surface area (Å²) in [6.07, 6.45) is 2.42. The van der Waals surface area contributed by atoms with Crippen LogP contribution >= 0.6 is 11.3 Å². The fraction of sp³-hybridized carbons (Fsp3) is 0.444. The summed E-state index contributed by atoms with van der Waals surface area (Å²) < 4.78 is 0. The van der Waals surface area contributed by atoms with E-state index in [9.17, 15) is 0 Å². The van der Waals surface area contributed by atoms with Crippen molar-refractivity contribution in [1.29, 1.82) is 0 Å². The van der Waals surface area contributed by atoms with E-state index in [-0.39, 0.29) is 0 Å². The molecular weight excluding hydrogens is 304 g/mol. The lowest BCUT2D eigenvalue weighted by Crippen LogP contribution is -2.35. The second kappa shape index (κ2) is 5.96. The van der Waals surface area contributed by atoms with E-state index in [4.69, 9.17) is 9.97 Å². The minimum atomic E-state index is 0.509. The Morgan fingerprint density at radius 1 is 1.26 bits per heavy atom. The lowest BCUT2D eigenvalue weighted by molar-refractivity contribution is 0.502. The average molecular weight is 326 g/mol. The van der Waals surface area contributed by atoms with Crippen LogP contribution in [0.2, 0.25) is 0 Å². The number of fused-ring (bicyclic) bond motifs is 1. The van der Waals surface area contributed by atoms with E-state index in [1.807, 2.05) is 23.5 Å². The molecule has 1 aliphatic rings. The molecule has 0 radical (unpaired) electrons. The van der Waals surface area contributed by atoms with Gasteiger partial charge in [-0.3, -0.25) is 0 Å². The molecule has 0 spiro atoms. The van der Waals surface area contributed by atoms with Gasteiger partial charge in [0.25, 0.3) is 0 Å². The smallest absolute Gasteiger partial charge is 0.203 e. The third-order valence-corrected chi connectivity index (χ3v) is 5.60. The Hall–Kier alpha value is -1.88. The minimum absolute atomic E-state index is 0.509. The molecule has 5 heteroatoms. The van der Waals surface area contributed by atoms with Gasteiger partial charge >= 0.3 is 0 Å². The first kappa shape index (κ1) is 14.7. The topological polar surface area (TPSA) is 44.8 Å². The first-order chi connectivity index (χ1) is 11.2. The Labute approximate surface area is 140 Å². The summed E-state index contributed by atoms with van der Waals surface area (Å²) in [6.45, 7) is 6.49. The Bertz CT molecular complexity index is 771. The molecule has 4 rings (SSSR count). The van der Waals surface area contributed by atoms with Gasteiger partial charge in [0.2, 0.25) is 5.95 Å². The van der Waals surface area contributed by atoms with E-state index in [1.165, 1.54) is 23.5 Å². The number of hydrogen-bond acceptors (Lipinski definition) is 4. The van der Waals surface area contributed by atoms with Gasteiger partial charge in [-0.1, -0.05) is 26.0 Å². The van der Waals surface area contributed by atoms with Crippen LogP contribution in [0.15, 0.2) is 29.6 Å². The van der Waals surface area contributed by atoms with Crippen molar-refractivity contribution in [2.24, 2.45) is 0 Å². The Morgan fingerprint density at radius 2 is 2.13 bits per heavy atom. The first-order valence-electron chi connectivity index (χ1n) is 8.35. The number of para-hydroxylation sites is 2. The van der Waals surface area contributed by atoms with Crippen molar-refractivity contribution in [3.8, 4) is 0 Å². The second-order valence-electron chi connectivity index (χ2n) is 6.63. The molecule has 1 aromatic carbocycles. The van der Waals surface area contributed by atoms with Crippen LogP contribution in [0, 0.1) is 0 Å². The molecule has 1 saturated heterocycles. The normalized spacial score (nSPS) is 18.9. The molecule has 0 aliphatic carbocycles. The highest BCUT2D eigenvalue weighted by Gasteiger charge is 2.25. The van der Waals surface area contributed by atoms with Gasteiger partial charge in [0.05, 0.1) is 21.7 Å². The van der Waals surface area contributed by atoms with Crippen molar-refractivity contribution in [2.45, 2.75) is 38.5 Å². The quantitative estimate of drug-likeness (QED) is 0.769. The highest BCUT2D eigenvalue weighted by atomic mass is 32.1. The molecule has 1 N–H and O–H groups in total. The molecular formula is C18H22N4S. The summed E-state index contributed by atoms with van der Waals surface area (Å²) in [6, 6.07) is 8.23. The maximum atomic E-state index is 4.87. The van der Waals surface area contributed by atoms with Crippen LogP contribution < -0.4 is 4.90 Å². The van der Waals surface area contributed by atoms with Crippen LogP contribution in [-0.2, 0) is 0 Å². The Morgan fingerprint density at radius 3 is 2.91 bits per heavy atom. The molecule has 3 heterocycles. The minimum Gasteiger partial charge on any atom is -0.342 e. The van der Waals surface area contributed by atoms with Crippen molar-refractivity contribution < 1.29 is 0 Å². The predicted octanol–water partition coefficient (Wildman–Crippen LogP) is 4.53. The highest BCUT2D eigenvalue weighted by molar-refractivity contribution is 7.09. The fourth-order valence-electron chi connectivity index (χ4n) is 3.21. The van der Waals surface area contributed by atoms with Crippen molar-refractivity contribution >= 4 is 28.3 Å². The lowest BCUT2D eigenvalue weighted by atomic mass is 9.99. The number of nitrogens with zero attached hydrogens (tertiary/aromatic N) is 3. The SMILES string of the molecule is CC(C)c1csc(C2CCCN(c3nc4ccccc4[nH]3)C2)n1. The zero-order valence-electron chi connectivity index (χ0n) is 13.6. The van der Waals surface area contributed by atoms with Gasteiger partial charge in [0, 0.05) is 24.4 Å². The largest absolute Gasteiger partial charge is 0.342 e. The number of imidazole rings is 1. The van der Waals surface area contributed by atoms with E-state index in [0.29, 0.717) is 11.8 Å². The number of aromatic amines is 1. The molecule has 1 unspecified atom stereocenters. The third-order valence-electron chi connectivity index (χ3n) is 4.58. The summed E-state index contributed by atoms with van der Waals surface area (Å²) in [7, 11) is 0. The maximum Gasteiger partial charge on any atom is 0.203 e. The van der Waals surface area contributed by atoms with Crippen LogP contribution in [0.4, 0.5) is 5.95 Å². The zero-order chi connectivity index (χ0) is 15.8. The van der Waals surface area contributed by atoms with E-state index in [1.54, 1.807) is 0 Å². The highest BCUT2D eigenvalue weighted by Crippen LogP contribution is 2.32. The van der Waals surface area contributed by atoms with E-state index < -0.39 is 0 Å². The summed E-state index contributed by atoms with van der Waals surface area (Å²) in [5, 5.41) is 3.51. The second-order valence-corrected chi connectivity index (χ2v) is 7.52. The summed E-state index contributed by atoms with van der Waals surface area (Å²) in [5.41, 5.74) is 3.38. The third kappa shape index (κ3) is 2.85. The van der Waals surface area contributed by atoms with Crippen LogP contribution in [-0.4, -0.2) is 28.0 Å². The average Bonchev–Trinajstić information content (AvgIpc) is 3.22. The molecule has 1 atom stereocenters. The number of aromatic nitrogens is 3. The Balaban J connectivity index is 1.56. The first-order valence-corrected chi connectivity index (χ1v) is 9.23. The van der Waals surface area contributed by atoms with Crippen molar-refractivity contribution in [3.63, 3.8) is 0 Å². The van der Waals surface area contributed by atoms with E-state index in [2.05, 4.69) is 41.2 Å². The van der Waals surface area contributed by atoms with Crippen LogP contribution in [0.25, 0.3) is 11.0 Å². The van der Waals surface area contributed by atoms with Crippen molar-refractivity contribution in [2.75, 3.05) is 18.0 Å². The monoisotopic (exact) mass is 326 g/mol. The van der Waals surface area contributed by atoms with E-state index in [0.717, 1.165) is 30.1 Å². The molecule has 120 valence electrons. The van der Waals surface area contributed by atoms with Gasteiger partial charge < -0.3 is 9.88 Å². The predicted molar refractivity (Wildman–Crippen MR) is 96.5 cm³/mol. The number of H-pyrrole nitrogens is 1. The van der Waals surface area contributed by atoms with Crippen molar-refractivity contribution in [3.05, 3.63) is 40.3 Å². The molecule has 0 bridgehead atoms. The number of anilines is 1. The Kier molecular flexibility index (Phi) is 3.81. The van der Waals surface area contributed by atoms with Gasteiger partial charge in [-0.15, -0.1) is 11.3 Å². The number of hydrogen-bond donors (Lipinski definition) is 1. The van der Waals surface area contributed by atoms with Crippen molar-refractivity contribution in [1.82, 2.24) is 15.0 Å². The molecule has 1 fully saturated rings. The number of thiazole rings is 1. The van der Waals surface area contributed by atoms with Gasteiger partial charge in [-0.2, -0.15) is 0 Å². The summed E-state index contributed by atoms with van der Waals surface area (Å²) in [5.74, 6) is 2.03. The number of nitrogens with one attached hydrogen (secondary N) is 1. The van der Waals surface area contributed by atoms with Crippen LogP contribution in [0.1, 0.15) is 49.2 Å². The van der Waals surface area contributed by atoms with E-state index >= 15 is 0 Å². The molecule has 3 aromatic rings. The zero-order valence-corrected chi connectivity index (χ0v) is 14.4. The number of benzene rings is 1. The molecule has 2 aromatic heterocycles. The molecule has 0 saturated carbocycles. The molecule has 1 aliphatic heterocycles. The van der Waals surface area contributed by atoms with Crippen LogP contribution in [0.3, 0.4) is 0 Å². The van der Waals surface area contributed by atoms with Gasteiger partial charge in [-0.05, 0) is 30.9 Å². The lowest BCUT2D eigenvalue weighted by Gasteiger charge is -2.31. The summed E-state index contributed by atoms with van der Waals surface area (Å²) in [4.78, 5) is 15.5. The molecule has 0 amide bonds. The number of rotatable bonds is 3. The fourth-order valence-corrected chi connectivity index (χ4v) is 4.32. The summed E-state index contributed by atoms with van der Waals surface area (Å²) >= 11 is 1.82. The maximum absolute atomic E-state index is 4.87. The van der Waals surface area contributed by atoms with Gasteiger partial charge in [0.1, 0.15) is 0 Å². The van der Waals surface area contributed by atoms with Crippen LogP contribution in [0.5, 0.6) is 0 Å². The number of piperidine rings is 1. The van der Waals surface area contributed by atoms with Gasteiger partial charge in [-0.25, -0.2) is 9.97 Å². The van der Waals surface area contributed by atoms with Gasteiger partial charge in [0.15, 0.2) is 0 Å². The standard InChI is InChI=1S/C18H22N4S/c1-12(2)16-11-23-17(19-16)13-6-5-9-22(10-13)18-20-14-7-3-4-8-15(14)21-18/h3-4,7-8,11-13H,5-6,9-10H2,1-2H3,(H,20,21). The molecule has 23 heavy (non-hydrogen) atoms. The molecule has 4 nitrogen and oxygen atoms in total.